The molecule has 0 saturated heterocycles. The first-order valence-electron chi connectivity index (χ1n) is 5.61. The summed E-state index contributed by atoms with van der Waals surface area (Å²) in [6, 6.07) is 19.2. The minimum absolute atomic E-state index is 0.101. The quantitative estimate of drug-likeness (QED) is 0.563. The van der Waals surface area contributed by atoms with E-state index in [1.807, 2.05) is 60.7 Å². The Labute approximate surface area is 107 Å². The smallest absolute Gasteiger partial charge is 0.280 e. The minimum Gasteiger partial charge on any atom is -0.343 e. The number of benzene rings is 2. The summed E-state index contributed by atoms with van der Waals surface area (Å²) in [6.07, 6.45) is -0.101. The van der Waals surface area contributed by atoms with Crippen molar-refractivity contribution in [2.75, 3.05) is 6.16 Å². The standard InChI is InChI=1S/C14H15O3P/c15-14(16,17)11-18(12-7-3-1-4-8-12)13-9-5-2-6-10-13/h1-10,15-17H,11H2. The molecule has 0 spiro atoms. The third-order valence-electron chi connectivity index (χ3n) is 2.51. The summed E-state index contributed by atoms with van der Waals surface area (Å²) in [5.74, 6) is -2.64. The van der Waals surface area contributed by atoms with Gasteiger partial charge in [-0.1, -0.05) is 60.7 Å². The van der Waals surface area contributed by atoms with E-state index >= 15 is 0 Å². The fourth-order valence-electron chi connectivity index (χ4n) is 1.76. The summed E-state index contributed by atoms with van der Waals surface area (Å²) in [7, 11) is -0.989. The fourth-order valence-corrected chi connectivity index (χ4v) is 3.91. The molecular formula is C14H15O3P. The van der Waals surface area contributed by atoms with Crippen molar-refractivity contribution in [1.29, 1.82) is 0 Å². The van der Waals surface area contributed by atoms with Gasteiger partial charge >= 0.3 is 0 Å². The van der Waals surface area contributed by atoms with Gasteiger partial charge in [-0.15, -0.1) is 0 Å². The van der Waals surface area contributed by atoms with E-state index in [1.54, 1.807) is 0 Å². The summed E-state index contributed by atoms with van der Waals surface area (Å²) < 4.78 is 0. The maximum atomic E-state index is 9.24. The van der Waals surface area contributed by atoms with Crippen molar-refractivity contribution in [3.8, 4) is 0 Å². The predicted molar refractivity (Wildman–Crippen MR) is 73.3 cm³/mol. The molecule has 2 aromatic carbocycles. The zero-order chi connectivity index (χ0) is 13.0. The Morgan fingerprint density at radius 1 is 0.722 bits per heavy atom. The Morgan fingerprint density at radius 3 is 1.44 bits per heavy atom. The van der Waals surface area contributed by atoms with Crippen LogP contribution in [0.2, 0.25) is 0 Å². The molecule has 94 valence electrons. The maximum absolute atomic E-state index is 9.24. The van der Waals surface area contributed by atoms with Crippen LogP contribution in [-0.2, 0) is 0 Å². The third-order valence-corrected chi connectivity index (χ3v) is 5.09. The van der Waals surface area contributed by atoms with Crippen LogP contribution in [0.5, 0.6) is 0 Å². The molecule has 0 heterocycles. The molecule has 0 atom stereocenters. The van der Waals surface area contributed by atoms with Crippen molar-refractivity contribution >= 4 is 18.5 Å². The molecule has 0 aliphatic heterocycles. The van der Waals surface area contributed by atoms with E-state index in [2.05, 4.69) is 0 Å². The molecule has 2 aromatic rings. The van der Waals surface area contributed by atoms with Gasteiger partial charge in [-0.3, -0.25) is 0 Å². The Morgan fingerprint density at radius 2 is 1.11 bits per heavy atom. The summed E-state index contributed by atoms with van der Waals surface area (Å²) in [5.41, 5.74) is 0. The molecule has 0 aromatic heterocycles. The molecule has 4 heteroatoms. The van der Waals surface area contributed by atoms with Gasteiger partial charge in [0.15, 0.2) is 0 Å². The highest BCUT2D eigenvalue weighted by molar-refractivity contribution is 7.73. The molecule has 0 fully saturated rings. The van der Waals surface area contributed by atoms with Crippen LogP contribution in [0, 0.1) is 0 Å². The first kappa shape index (κ1) is 13.2. The molecule has 0 bridgehead atoms. The highest BCUT2D eigenvalue weighted by Crippen LogP contribution is 2.35. The second kappa shape index (κ2) is 5.59. The molecule has 0 radical (unpaired) electrons. The SMILES string of the molecule is OC(O)(O)CP(c1ccccc1)c1ccccc1. The number of hydrogen-bond acceptors (Lipinski definition) is 3. The normalized spacial score (nSPS) is 11.8. The van der Waals surface area contributed by atoms with Crippen LogP contribution in [0.25, 0.3) is 0 Å². The fraction of sp³-hybridized carbons (Fsp3) is 0.143. The van der Waals surface area contributed by atoms with Gasteiger partial charge in [0, 0.05) is 0 Å². The average molecular weight is 262 g/mol. The number of aliphatic hydroxyl groups is 3. The lowest BCUT2D eigenvalue weighted by atomic mass is 10.4. The van der Waals surface area contributed by atoms with Crippen molar-refractivity contribution in [3.05, 3.63) is 60.7 Å². The van der Waals surface area contributed by atoms with Crippen molar-refractivity contribution in [3.63, 3.8) is 0 Å². The van der Waals surface area contributed by atoms with Gasteiger partial charge in [0.25, 0.3) is 5.97 Å². The van der Waals surface area contributed by atoms with E-state index in [4.69, 9.17) is 0 Å². The van der Waals surface area contributed by atoms with E-state index in [0.29, 0.717) is 0 Å². The van der Waals surface area contributed by atoms with Gasteiger partial charge < -0.3 is 15.3 Å². The van der Waals surface area contributed by atoms with Gasteiger partial charge in [-0.2, -0.15) is 0 Å². The first-order chi connectivity index (χ1) is 8.56. The second-order valence-corrected chi connectivity index (χ2v) is 6.24. The third kappa shape index (κ3) is 3.62. The van der Waals surface area contributed by atoms with Gasteiger partial charge in [-0.05, 0) is 18.5 Å². The van der Waals surface area contributed by atoms with Crippen molar-refractivity contribution in [1.82, 2.24) is 0 Å². The molecule has 0 aliphatic rings. The van der Waals surface area contributed by atoms with Crippen molar-refractivity contribution in [2.45, 2.75) is 5.97 Å². The highest BCUT2D eigenvalue weighted by atomic mass is 31.1. The molecule has 0 aliphatic carbocycles. The summed E-state index contributed by atoms with van der Waals surface area (Å²) in [4.78, 5) is 0. The summed E-state index contributed by atoms with van der Waals surface area (Å²) >= 11 is 0. The van der Waals surface area contributed by atoms with Crippen LogP contribution in [0.15, 0.2) is 60.7 Å². The highest BCUT2D eigenvalue weighted by Gasteiger charge is 2.26. The maximum Gasteiger partial charge on any atom is 0.280 e. The van der Waals surface area contributed by atoms with E-state index in [0.717, 1.165) is 10.6 Å². The van der Waals surface area contributed by atoms with E-state index in [1.165, 1.54) is 0 Å². The van der Waals surface area contributed by atoms with Gasteiger partial charge in [0.1, 0.15) is 0 Å². The molecule has 3 N–H and O–H groups in total. The van der Waals surface area contributed by atoms with Crippen molar-refractivity contribution in [2.24, 2.45) is 0 Å². The Hall–Kier alpha value is -1.25. The molecule has 0 amide bonds. The van der Waals surface area contributed by atoms with E-state index < -0.39 is 13.9 Å². The van der Waals surface area contributed by atoms with Crippen LogP contribution in [0.3, 0.4) is 0 Å². The molecule has 3 nitrogen and oxygen atoms in total. The van der Waals surface area contributed by atoms with E-state index in [-0.39, 0.29) is 6.16 Å². The first-order valence-corrected chi connectivity index (χ1v) is 7.14. The van der Waals surface area contributed by atoms with Crippen molar-refractivity contribution < 1.29 is 15.3 Å². The predicted octanol–water partition coefficient (Wildman–Crippen LogP) is 0.750. The van der Waals surface area contributed by atoms with Crippen LogP contribution in [-0.4, -0.2) is 27.5 Å². The summed E-state index contributed by atoms with van der Waals surface area (Å²) in [5, 5.41) is 29.7. The molecule has 0 saturated carbocycles. The van der Waals surface area contributed by atoms with E-state index in [9.17, 15) is 15.3 Å². The Balaban J connectivity index is 2.36. The molecule has 0 unspecified atom stereocenters. The van der Waals surface area contributed by atoms with Gasteiger partial charge in [-0.25, -0.2) is 0 Å². The lowest BCUT2D eigenvalue weighted by molar-refractivity contribution is -0.293. The Bertz CT molecular complexity index is 440. The van der Waals surface area contributed by atoms with Crippen LogP contribution >= 0.6 is 7.92 Å². The Kier molecular flexibility index (Phi) is 4.10. The zero-order valence-electron chi connectivity index (χ0n) is 9.77. The number of rotatable bonds is 4. The largest absolute Gasteiger partial charge is 0.343 e. The monoisotopic (exact) mass is 262 g/mol. The average Bonchev–Trinajstić information content (AvgIpc) is 2.37. The molecule has 2 rings (SSSR count). The van der Waals surface area contributed by atoms with Gasteiger partial charge in [0.05, 0.1) is 6.16 Å². The van der Waals surface area contributed by atoms with Crippen LogP contribution < -0.4 is 10.6 Å². The van der Waals surface area contributed by atoms with Crippen LogP contribution in [0.1, 0.15) is 0 Å². The topological polar surface area (TPSA) is 60.7 Å². The molecular weight excluding hydrogens is 247 g/mol. The number of hydrogen-bond donors (Lipinski definition) is 3. The lowest BCUT2D eigenvalue weighted by Gasteiger charge is -2.23. The minimum atomic E-state index is -2.64. The second-order valence-electron chi connectivity index (χ2n) is 4.03. The summed E-state index contributed by atoms with van der Waals surface area (Å²) in [6.45, 7) is 0. The molecule has 18 heavy (non-hydrogen) atoms. The lowest BCUT2D eigenvalue weighted by Crippen LogP contribution is -2.34. The van der Waals surface area contributed by atoms with Crippen LogP contribution in [0.4, 0.5) is 0 Å². The van der Waals surface area contributed by atoms with Gasteiger partial charge in [0.2, 0.25) is 0 Å². The zero-order valence-corrected chi connectivity index (χ0v) is 10.7.